The minimum atomic E-state index is -4.40. The van der Waals surface area contributed by atoms with Crippen LogP contribution in [0.3, 0.4) is 0 Å². The minimum Gasteiger partial charge on any atom is -0.462 e. The SMILES string of the molecule is CC/C=C\C/C=C\C/C=C\C/C=C\C/C=C\C/C=C\C/C=C\C/C=C\CCCCCCCCCCCCCCC(=O)OC(COC(=O)CCCCCCCCCCCCCCCCCCCCCCCCCCCCC)COP(=O)(O)OCCN. The van der Waals surface area contributed by atoms with Gasteiger partial charge in [0.1, 0.15) is 6.61 Å². The molecular weight excluding hydrogens is 1070 g/mol. The molecule has 2 unspecified atom stereocenters. The van der Waals surface area contributed by atoms with Crippen molar-refractivity contribution in [2.45, 2.75) is 341 Å². The minimum absolute atomic E-state index is 0.0515. The fourth-order valence-corrected chi connectivity index (χ4v) is 11.0. The van der Waals surface area contributed by atoms with Crippen molar-refractivity contribution in [2.75, 3.05) is 26.4 Å². The Morgan fingerprint density at radius 3 is 0.965 bits per heavy atom. The van der Waals surface area contributed by atoms with Crippen LogP contribution < -0.4 is 5.73 Å². The summed E-state index contributed by atoms with van der Waals surface area (Å²) >= 11 is 0. The Balaban J connectivity index is 3.88. The van der Waals surface area contributed by atoms with Gasteiger partial charge in [0.2, 0.25) is 0 Å². The van der Waals surface area contributed by atoms with Crippen molar-refractivity contribution in [3.63, 3.8) is 0 Å². The summed E-state index contributed by atoms with van der Waals surface area (Å²) in [6.45, 7) is 3.68. The van der Waals surface area contributed by atoms with E-state index >= 15 is 0 Å². The molecule has 0 aliphatic rings. The van der Waals surface area contributed by atoms with Crippen LogP contribution in [-0.2, 0) is 32.7 Å². The summed E-state index contributed by atoms with van der Waals surface area (Å²) in [5.74, 6) is -0.818. The number of hydrogen-bond donors (Lipinski definition) is 2. The molecule has 0 aliphatic carbocycles. The molecule has 0 radical (unpaired) electrons. The molecule has 0 aromatic rings. The van der Waals surface area contributed by atoms with Crippen LogP contribution in [-0.4, -0.2) is 49.3 Å². The number of rotatable bonds is 67. The monoisotopic (exact) mass is 1210 g/mol. The molecule has 0 rings (SSSR count). The van der Waals surface area contributed by atoms with Gasteiger partial charge in [0.15, 0.2) is 6.10 Å². The molecule has 492 valence electrons. The lowest BCUT2D eigenvalue weighted by Crippen LogP contribution is -2.29. The fourth-order valence-electron chi connectivity index (χ4n) is 10.2. The highest BCUT2D eigenvalue weighted by atomic mass is 31.2. The van der Waals surface area contributed by atoms with Crippen molar-refractivity contribution in [3.8, 4) is 0 Å². The van der Waals surface area contributed by atoms with E-state index in [1.165, 1.54) is 212 Å². The number of unbranched alkanes of at least 4 members (excludes halogenated alkanes) is 38. The predicted molar refractivity (Wildman–Crippen MR) is 367 cm³/mol. The molecule has 0 saturated heterocycles. The summed E-state index contributed by atoms with van der Waals surface area (Å²) in [6, 6.07) is 0. The summed E-state index contributed by atoms with van der Waals surface area (Å²) in [5.41, 5.74) is 5.40. The van der Waals surface area contributed by atoms with Crippen molar-refractivity contribution < 1.29 is 37.6 Å². The highest BCUT2D eigenvalue weighted by molar-refractivity contribution is 7.47. The van der Waals surface area contributed by atoms with E-state index in [4.69, 9.17) is 24.3 Å². The summed E-state index contributed by atoms with van der Waals surface area (Å²) < 4.78 is 33.2. The molecule has 0 aromatic heterocycles. The molecular formula is C75H134NO8P. The summed E-state index contributed by atoms with van der Waals surface area (Å²) in [7, 11) is -4.40. The van der Waals surface area contributed by atoms with Crippen molar-refractivity contribution in [1.29, 1.82) is 0 Å². The molecule has 0 spiro atoms. The molecule has 0 bridgehead atoms. The molecule has 3 N–H and O–H groups in total. The Labute approximate surface area is 525 Å². The summed E-state index contributed by atoms with van der Waals surface area (Å²) in [6.07, 6.45) is 95.0. The standard InChI is InChI=1S/C75H134NO8P/c1-3-5-7-9-11-13-15-17-19-21-23-25-27-29-31-32-33-34-35-36-37-38-39-40-42-44-46-48-50-52-54-56-58-60-62-64-66-68-75(78)84-73(72-83-85(79,80)82-70-69-76)71-81-74(77)67-65-63-61-59-57-55-53-51-49-47-45-43-41-30-28-26-24-22-20-18-16-14-12-10-8-6-4-2/h5,7,11,13,17,19,23,25,29,31,33-34,36-37,39-40,73H,3-4,6,8-10,12,14-16,18,20-22,24,26-28,30,32,35,38,41-72,76H2,1-2H3,(H,79,80)/b7-5-,13-11-,19-17-,25-23-,31-29-,34-33-,37-36-,40-39-. The third-order valence-corrected chi connectivity index (χ3v) is 16.5. The predicted octanol–water partition coefficient (Wildman–Crippen LogP) is 23.5. The highest BCUT2D eigenvalue weighted by Crippen LogP contribution is 2.43. The molecule has 2 atom stereocenters. The molecule has 0 heterocycles. The van der Waals surface area contributed by atoms with Crippen molar-refractivity contribution in [1.82, 2.24) is 0 Å². The van der Waals surface area contributed by atoms with Crippen LogP contribution in [0.1, 0.15) is 335 Å². The Kier molecular flexibility index (Phi) is 67.5. The second kappa shape index (κ2) is 70.0. The van der Waals surface area contributed by atoms with Gasteiger partial charge in [-0.3, -0.25) is 18.6 Å². The number of esters is 2. The van der Waals surface area contributed by atoms with E-state index in [1.54, 1.807) is 0 Å². The number of carbonyl (C=O) groups excluding carboxylic acids is 2. The quantitative estimate of drug-likeness (QED) is 0.0264. The molecule has 0 amide bonds. The van der Waals surface area contributed by atoms with Gasteiger partial charge in [-0.05, 0) is 77.0 Å². The fraction of sp³-hybridized carbons (Fsp3) is 0.760. The van der Waals surface area contributed by atoms with Crippen molar-refractivity contribution in [2.24, 2.45) is 5.73 Å². The first-order valence-corrected chi connectivity index (χ1v) is 37.2. The topological polar surface area (TPSA) is 134 Å². The number of allylic oxidation sites excluding steroid dienone is 16. The van der Waals surface area contributed by atoms with E-state index in [-0.39, 0.29) is 38.6 Å². The highest BCUT2D eigenvalue weighted by Gasteiger charge is 2.26. The third-order valence-electron chi connectivity index (χ3n) is 15.5. The maximum absolute atomic E-state index is 12.8. The van der Waals surface area contributed by atoms with Gasteiger partial charge < -0.3 is 20.1 Å². The molecule has 85 heavy (non-hydrogen) atoms. The molecule has 0 saturated carbocycles. The first-order chi connectivity index (χ1) is 41.8. The Bertz CT molecular complexity index is 1720. The van der Waals surface area contributed by atoms with E-state index in [2.05, 4.69) is 111 Å². The number of hydrogen-bond acceptors (Lipinski definition) is 8. The second-order valence-corrected chi connectivity index (χ2v) is 25.2. The van der Waals surface area contributed by atoms with E-state index in [0.717, 1.165) is 89.9 Å². The van der Waals surface area contributed by atoms with Gasteiger partial charge in [-0.2, -0.15) is 0 Å². The smallest absolute Gasteiger partial charge is 0.462 e. The maximum Gasteiger partial charge on any atom is 0.472 e. The third kappa shape index (κ3) is 69.9. The number of phosphoric ester groups is 1. The number of ether oxygens (including phenoxy) is 2. The Morgan fingerprint density at radius 1 is 0.365 bits per heavy atom. The van der Waals surface area contributed by atoms with Crippen LogP contribution in [0, 0.1) is 0 Å². The Hall–Kier alpha value is -3.07. The van der Waals surface area contributed by atoms with Crippen LogP contribution in [0.15, 0.2) is 97.2 Å². The van der Waals surface area contributed by atoms with E-state index < -0.39 is 26.5 Å². The van der Waals surface area contributed by atoms with Crippen LogP contribution in [0.4, 0.5) is 0 Å². The molecule has 9 nitrogen and oxygen atoms in total. The first-order valence-electron chi connectivity index (χ1n) is 35.7. The van der Waals surface area contributed by atoms with Gasteiger partial charge in [0.25, 0.3) is 0 Å². The lowest BCUT2D eigenvalue weighted by molar-refractivity contribution is -0.161. The zero-order valence-corrected chi connectivity index (χ0v) is 56.2. The largest absolute Gasteiger partial charge is 0.472 e. The van der Waals surface area contributed by atoms with Gasteiger partial charge in [0.05, 0.1) is 13.2 Å². The van der Waals surface area contributed by atoms with Gasteiger partial charge in [-0.1, -0.05) is 342 Å². The Morgan fingerprint density at radius 2 is 0.647 bits per heavy atom. The molecule has 0 aromatic carbocycles. The number of carbonyl (C=O) groups is 2. The summed E-state index contributed by atoms with van der Waals surface area (Å²) in [4.78, 5) is 35.4. The van der Waals surface area contributed by atoms with E-state index in [9.17, 15) is 19.0 Å². The second-order valence-electron chi connectivity index (χ2n) is 23.7. The summed E-state index contributed by atoms with van der Waals surface area (Å²) in [5, 5.41) is 0. The van der Waals surface area contributed by atoms with Gasteiger partial charge in [-0.15, -0.1) is 0 Å². The van der Waals surface area contributed by atoms with Gasteiger partial charge >= 0.3 is 19.8 Å². The van der Waals surface area contributed by atoms with Crippen LogP contribution in [0.2, 0.25) is 0 Å². The van der Waals surface area contributed by atoms with Crippen molar-refractivity contribution >= 4 is 19.8 Å². The zero-order valence-electron chi connectivity index (χ0n) is 55.3. The number of phosphoric acid groups is 1. The molecule has 0 fully saturated rings. The van der Waals surface area contributed by atoms with Crippen molar-refractivity contribution in [3.05, 3.63) is 97.2 Å². The molecule has 0 aliphatic heterocycles. The normalized spacial score (nSPS) is 13.5. The lowest BCUT2D eigenvalue weighted by atomic mass is 10.0. The number of nitrogens with two attached hydrogens (primary N) is 1. The average Bonchev–Trinajstić information content (AvgIpc) is 3.52. The van der Waals surface area contributed by atoms with Gasteiger partial charge in [0, 0.05) is 19.4 Å². The lowest BCUT2D eigenvalue weighted by Gasteiger charge is -2.19. The van der Waals surface area contributed by atoms with Crippen LogP contribution in [0.5, 0.6) is 0 Å². The molecule has 10 heteroatoms. The zero-order chi connectivity index (χ0) is 61.6. The average molecular weight is 1210 g/mol. The van der Waals surface area contributed by atoms with E-state index in [0.29, 0.717) is 6.42 Å². The van der Waals surface area contributed by atoms with Gasteiger partial charge in [-0.25, -0.2) is 4.57 Å². The van der Waals surface area contributed by atoms with E-state index in [1.807, 2.05) is 0 Å². The maximum atomic E-state index is 12.8. The van der Waals surface area contributed by atoms with Crippen LogP contribution >= 0.6 is 7.82 Å². The van der Waals surface area contributed by atoms with Crippen LogP contribution in [0.25, 0.3) is 0 Å². The first kappa shape index (κ1) is 81.9.